The topological polar surface area (TPSA) is 0 Å². The minimum Gasteiger partial charge on any atom is -0.0945 e. The number of aryl methyl sites for hydroxylation is 2. The molecule has 154 valence electrons. The van der Waals surface area contributed by atoms with Crippen molar-refractivity contribution in [3.63, 3.8) is 0 Å². The SMILES string of the molecule is CCCCCCCCc1ccc(C#CC2CCC(c3ccc(C)cc3)CC2)cc1. The Hall–Kier alpha value is -2.00. The largest absolute Gasteiger partial charge is 0.0945 e. The highest BCUT2D eigenvalue weighted by atomic mass is 14.2. The minimum absolute atomic E-state index is 0.569. The van der Waals surface area contributed by atoms with Crippen molar-refractivity contribution >= 4 is 0 Å². The van der Waals surface area contributed by atoms with Crippen molar-refractivity contribution in [1.29, 1.82) is 0 Å². The summed E-state index contributed by atoms with van der Waals surface area (Å²) in [5.41, 5.74) is 5.51. The van der Waals surface area contributed by atoms with Gasteiger partial charge in [-0.15, -0.1) is 0 Å². The first-order chi connectivity index (χ1) is 14.2. The highest BCUT2D eigenvalue weighted by Crippen LogP contribution is 2.35. The molecule has 29 heavy (non-hydrogen) atoms. The predicted molar refractivity (Wildman–Crippen MR) is 126 cm³/mol. The number of hydrogen-bond acceptors (Lipinski definition) is 0. The molecular weight excluding hydrogens is 348 g/mol. The third-order valence-electron chi connectivity index (χ3n) is 6.47. The van der Waals surface area contributed by atoms with E-state index in [4.69, 9.17) is 0 Å². The van der Waals surface area contributed by atoms with Crippen molar-refractivity contribution in [2.75, 3.05) is 0 Å². The maximum atomic E-state index is 3.56. The van der Waals surface area contributed by atoms with Gasteiger partial charge in [0.05, 0.1) is 0 Å². The summed E-state index contributed by atoms with van der Waals surface area (Å²) in [4.78, 5) is 0. The second kappa shape index (κ2) is 11.9. The Balaban J connectivity index is 1.40. The molecule has 0 spiro atoms. The van der Waals surface area contributed by atoms with Gasteiger partial charge in [0, 0.05) is 11.5 Å². The first-order valence-electron chi connectivity index (χ1n) is 11.9. The van der Waals surface area contributed by atoms with Crippen LogP contribution in [0.25, 0.3) is 0 Å². The Morgan fingerprint density at radius 3 is 2.10 bits per heavy atom. The molecule has 0 amide bonds. The van der Waals surface area contributed by atoms with Gasteiger partial charge in [-0.2, -0.15) is 0 Å². The second-order valence-corrected chi connectivity index (χ2v) is 8.94. The van der Waals surface area contributed by atoms with E-state index in [2.05, 4.69) is 74.2 Å². The molecule has 3 rings (SSSR count). The first kappa shape index (κ1) is 21.7. The lowest BCUT2D eigenvalue weighted by atomic mass is 9.79. The summed E-state index contributed by atoms with van der Waals surface area (Å²) < 4.78 is 0. The molecule has 0 aromatic heterocycles. The molecule has 0 N–H and O–H groups in total. The molecule has 1 aliphatic carbocycles. The average molecular weight is 387 g/mol. The summed E-state index contributed by atoms with van der Waals surface area (Å²) in [5, 5.41) is 0. The summed E-state index contributed by atoms with van der Waals surface area (Å²) in [6.45, 7) is 4.44. The van der Waals surface area contributed by atoms with E-state index >= 15 is 0 Å². The Morgan fingerprint density at radius 1 is 0.759 bits per heavy atom. The third kappa shape index (κ3) is 7.40. The molecule has 0 saturated heterocycles. The predicted octanol–water partition coefficient (Wildman–Crippen LogP) is 8.22. The fraction of sp³-hybridized carbons (Fsp3) is 0.517. The van der Waals surface area contributed by atoms with Crippen LogP contribution in [0.2, 0.25) is 0 Å². The van der Waals surface area contributed by atoms with Crippen LogP contribution in [0.1, 0.15) is 99.3 Å². The Kier molecular flexibility index (Phi) is 8.88. The molecule has 0 bridgehead atoms. The van der Waals surface area contributed by atoms with Crippen molar-refractivity contribution in [1.82, 2.24) is 0 Å². The number of unbranched alkanes of at least 4 members (excludes halogenated alkanes) is 5. The zero-order valence-corrected chi connectivity index (χ0v) is 18.6. The van der Waals surface area contributed by atoms with Gasteiger partial charge in [0.1, 0.15) is 0 Å². The van der Waals surface area contributed by atoms with E-state index in [1.54, 1.807) is 0 Å². The summed E-state index contributed by atoms with van der Waals surface area (Å²) >= 11 is 0. The summed E-state index contributed by atoms with van der Waals surface area (Å²) in [6.07, 6.45) is 14.4. The quantitative estimate of drug-likeness (QED) is 0.316. The molecular formula is C29H38. The molecule has 1 aliphatic rings. The molecule has 0 aliphatic heterocycles. The Labute approximate surface area is 179 Å². The molecule has 2 aromatic rings. The smallest absolute Gasteiger partial charge is 0.0245 e. The van der Waals surface area contributed by atoms with E-state index < -0.39 is 0 Å². The zero-order chi connectivity index (χ0) is 20.3. The molecule has 0 radical (unpaired) electrons. The summed E-state index contributed by atoms with van der Waals surface area (Å²) in [7, 11) is 0. The second-order valence-electron chi connectivity index (χ2n) is 8.94. The van der Waals surface area contributed by atoms with E-state index in [1.807, 2.05) is 0 Å². The third-order valence-corrected chi connectivity index (χ3v) is 6.47. The number of rotatable bonds is 8. The van der Waals surface area contributed by atoms with Gasteiger partial charge < -0.3 is 0 Å². The lowest BCUT2D eigenvalue weighted by Gasteiger charge is -2.26. The highest BCUT2D eigenvalue weighted by molar-refractivity contribution is 5.37. The fourth-order valence-electron chi connectivity index (χ4n) is 4.46. The van der Waals surface area contributed by atoms with Crippen molar-refractivity contribution in [3.8, 4) is 11.8 Å². The Morgan fingerprint density at radius 2 is 1.41 bits per heavy atom. The van der Waals surface area contributed by atoms with Crippen molar-refractivity contribution < 1.29 is 0 Å². The van der Waals surface area contributed by atoms with E-state index in [-0.39, 0.29) is 0 Å². The van der Waals surface area contributed by atoms with Gasteiger partial charge >= 0.3 is 0 Å². The van der Waals surface area contributed by atoms with Crippen molar-refractivity contribution in [2.45, 2.75) is 90.4 Å². The van der Waals surface area contributed by atoms with Gasteiger partial charge in [-0.1, -0.05) is 92.8 Å². The molecule has 0 unspecified atom stereocenters. The van der Waals surface area contributed by atoms with Crippen LogP contribution in [-0.2, 0) is 6.42 Å². The zero-order valence-electron chi connectivity index (χ0n) is 18.6. The highest BCUT2D eigenvalue weighted by Gasteiger charge is 2.20. The molecule has 0 heteroatoms. The summed E-state index contributed by atoms with van der Waals surface area (Å²) in [6, 6.07) is 18.1. The van der Waals surface area contributed by atoms with Crippen LogP contribution in [0, 0.1) is 24.7 Å². The molecule has 0 atom stereocenters. The lowest BCUT2D eigenvalue weighted by molar-refractivity contribution is 0.384. The fourth-order valence-corrected chi connectivity index (χ4v) is 4.46. The van der Waals surface area contributed by atoms with E-state index in [0.717, 1.165) is 5.92 Å². The van der Waals surface area contributed by atoms with E-state index in [1.165, 1.54) is 92.9 Å². The molecule has 0 nitrogen and oxygen atoms in total. The van der Waals surface area contributed by atoms with Gasteiger partial charge in [0.2, 0.25) is 0 Å². The van der Waals surface area contributed by atoms with Gasteiger partial charge in [-0.3, -0.25) is 0 Å². The monoisotopic (exact) mass is 386 g/mol. The number of hydrogen-bond donors (Lipinski definition) is 0. The molecule has 1 saturated carbocycles. The van der Waals surface area contributed by atoms with Crippen LogP contribution in [-0.4, -0.2) is 0 Å². The number of benzene rings is 2. The molecule has 0 heterocycles. The molecule has 1 fully saturated rings. The molecule has 2 aromatic carbocycles. The standard InChI is InChI=1S/C29H38/c1-3-4-5-6-7-8-9-25-12-14-26(15-13-25)16-17-27-18-22-29(23-19-27)28-20-10-24(2)11-21-28/h10-15,20-21,27,29H,3-9,18-19,22-23H2,1-2H3. The van der Waals surface area contributed by atoms with Crippen molar-refractivity contribution in [2.24, 2.45) is 5.92 Å². The van der Waals surface area contributed by atoms with E-state index in [0.29, 0.717) is 5.92 Å². The van der Waals surface area contributed by atoms with Gasteiger partial charge in [0.25, 0.3) is 0 Å². The Bertz CT molecular complexity index is 762. The van der Waals surface area contributed by atoms with Crippen LogP contribution in [0.5, 0.6) is 0 Å². The van der Waals surface area contributed by atoms with Crippen LogP contribution in [0.3, 0.4) is 0 Å². The minimum atomic E-state index is 0.569. The lowest BCUT2D eigenvalue weighted by Crippen LogP contribution is -2.12. The van der Waals surface area contributed by atoms with Crippen LogP contribution >= 0.6 is 0 Å². The average Bonchev–Trinajstić information content (AvgIpc) is 2.76. The van der Waals surface area contributed by atoms with E-state index in [9.17, 15) is 0 Å². The van der Waals surface area contributed by atoms with Gasteiger partial charge in [0.15, 0.2) is 0 Å². The van der Waals surface area contributed by atoms with Gasteiger partial charge in [-0.05, 0) is 74.6 Å². The summed E-state index contributed by atoms with van der Waals surface area (Å²) in [5.74, 6) is 8.30. The van der Waals surface area contributed by atoms with Crippen molar-refractivity contribution in [3.05, 3.63) is 70.8 Å². The maximum absolute atomic E-state index is 3.56. The van der Waals surface area contributed by atoms with Crippen LogP contribution < -0.4 is 0 Å². The maximum Gasteiger partial charge on any atom is 0.0245 e. The first-order valence-corrected chi connectivity index (χ1v) is 11.9. The van der Waals surface area contributed by atoms with Gasteiger partial charge in [-0.25, -0.2) is 0 Å². The van der Waals surface area contributed by atoms with Crippen LogP contribution in [0.4, 0.5) is 0 Å². The van der Waals surface area contributed by atoms with Crippen LogP contribution in [0.15, 0.2) is 48.5 Å². The normalized spacial score (nSPS) is 18.8.